The van der Waals surface area contributed by atoms with Gasteiger partial charge in [-0.05, 0) is 42.8 Å². The van der Waals surface area contributed by atoms with Gasteiger partial charge in [-0.15, -0.1) is 0 Å². The number of nitrogens with zero attached hydrogens (tertiary/aromatic N) is 5. The minimum absolute atomic E-state index is 0.0334. The van der Waals surface area contributed by atoms with Crippen LogP contribution in [0.15, 0.2) is 58.2 Å². The molecule has 5 rings (SSSR count). The van der Waals surface area contributed by atoms with Gasteiger partial charge < -0.3 is 15.3 Å². The van der Waals surface area contributed by atoms with Crippen molar-refractivity contribution >= 4 is 78.7 Å². The second-order valence-electron chi connectivity index (χ2n) is 10.0. The number of sulfonamides is 1. The standard InChI is InChI=1S/C26H25BrCl2N6O6S/c1-26(13-16-2-4-17(27)5-3-16)23(38)34(20-11-18(28)10-19(29)12-20)24-30-14-21(35(24)26)42(40,41)33-8-6-32(7-9-33)25(39)31-15-22(36)37/h2-5,10-12,14H,6-9,13,15H2,1H3,(H,31,39)(H,36,37). The summed E-state index contributed by atoms with van der Waals surface area (Å²) >= 11 is 15.9. The first-order valence-electron chi connectivity index (χ1n) is 12.7. The normalized spacial score (nSPS) is 19.2. The number of urea groups is 1. The molecule has 0 saturated carbocycles. The van der Waals surface area contributed by atoms with Crippen molar-refractivity contribution in [3.05, 3.63) is 68.7 Å². The number of halogens is 3. The third kappa shape index (κ3) is 5.61. The summed E-state index contributed by atoms with van der Waals surface area (Å²) in [5.41, 5.74) is -0.257. The minimum Gasteiger partial charge on any atom is -0.480 e. The molecule has 1 saturated heterocycles. The average Bonchev–Trinajstić information content (AvgIpc) is 3.46. The zero-order valence-corrected chi connectivity index (χ0v) is 26.0. The van der Waals surface area contributed by atoms with Crippen LogP contribution >= 0.6 is 39.1 Å². The van der Waals surface area contributed by atoms with Gasteiger partial charge in [0.1, 0.15) is 12.1 Å². The highest BCUT2D eigenvalue weighted by Crippen LogP contribution is 2.45. The van der Waals surface area contributed by atoms with Crippen molar-refractivity contribution < 1.29 is 27.9 Å². The van der Waals surface area contributed by atoms with Gasteiger partial charge in [0.05, 0.1) is 11.9 Å². The molecule has 1 atom stereocenters. The van der Waals surface area contributed by atoms with Crippen LogP contribution in [0.5, 0.6) is 0 Å². The first kappa shape index (κ1) is 30.3. The summed E-state index contributed by atoms with van der Waals surface area (Å²) in [5.74, 6) is -1.50. The number of amides is 3. The van der Waals surface area contributed by atoms with Gasteiger partial charge in [-0.2, -0.15) is 4.31 Å². The highest BCUT2D eigenvalue weighted by Gasteiger charge is 2.52. The Bertz CT molecular complexity index is 1660. The average molecular weight is 700 g/mol. The van der Waals surface area contributed by atoms with Crippen molar-refractivity contribution in [2.75, 3.05) is 37.6 Å². The lowest BCUT2D eigenvalue weighted by atomic mass is 9.92. The molecule has 16 heteroatoms. The number of carbonyl (C=O) groups is 3. The fourth-order valence-electron chi connectivity index (χ4n) is 5.14. The number of anilines is 2. The molecule has 2 N–H and O–H groups in total. The zero-order valence-electron chi connectivity index (χ0n) is 22.1. The molecule has 3 amide bonds. The summed E-state index contributed by atoms with van der Waals surface area (Å²) in [6.45, 7) is 1.15. The van der Waals surface area contributed by atoms with E-state index in [4.69, 9.17) is 28.3 Å². The highest BCUT2D eigenvalue weighted by molar-refractivity contribution is 9.10. The Morgan fingerprint density at radius 2 is 1.69 bits per heavy atom. The molecule has 2 aliphatic heterocycles. The van der Waals surface area contributed by atoms with Gasteiger partial charge in [-0.3, -0.25) is 14.2 Å². The number of benzene rings is 2. The Kier molecular flexibility index (Phi) is 8.29. The van der Waals surface area contributed by atoms with Crippen LogP contribution in [0.25, 0.3) is 0 Å². The van der Waals surface area contributed by atoms with Gasteiger partial charge in [0.2, 0.25) is 5.95 Å². The summed E-state index contributed by atoms with van der Waals surface area (Å²) < 4.78 is 31.6. The van der Waals surface area contributed by atoms with Crippen molar-refractivity contribution in [3.63, 3.8) is 0 Å². The molecule has 12 nitrogen and oxygen atoms in total. The maximum absolute atomic E-state index is 14.2. The second kappa shape index (κ2) is 11.5. The van der Waals surface area contributed by atoms with Gasteiger partial charge in [-0.1, -0.05) is 51.3 Å². The van der Waals surface area contributed by atoms with Crippen LogP contribution in [0, 0.1) is 0 Å². The molecule has 0 spiro atoms. The van der Waals surface area contributed by atoms with Crippen LogP contribution in [-0.2, 0) is 31.6 Å². The summed E-state index contributed by atoms with van der Waals surface area (Å²) in [6.07, 6.45) is 1.38. The van der Waals surface area contributed by atoms with E-state index in [9.17, 15) is 22.8 Å². The van der Waals surface area contributed by atoms with Crippen LogP contribution in [-0.4, -0.2) is 82.9 Å². The summed E-state index contributed by atoms with van der Waals surface area (Å²) in [4.78, 5) is 44.3. The Hall–Kier alpha value is -3.17. The minimum atomic E-state index is -4.19. The molecule has 2 aliphatic rings. The number of piperazine rings is 1. The molecule has 0 radical (unpaired) electrons. The van der Waals surface area contributed by atoms with E-state index in [1.165, 1.54) is 30.9 Å². The molecule has 1 aromatic heterocycles. The number of carboxylic acid groups (broad SMARTS) is 1. The lowest BCUT2D eigenvalue weighted by Crippen LogP contribution is -2.54. The van der Waals surface area contributed by atoms with E-state index in [2.05, 4.69) is 26.2 Å². The highest BCUT2D eigenvalue weighted by atomic mass is 79.9. The number of fused-ring (bicyclic) bond motifs is 1. The first-order chi connectivity index (χ1) is 19.8. The third-order valence-electron chi connectivity index (χ3n) is 7.16. The monoisotopic (exact) mass is 698 g/mol. The molecule has 3 heterocycles. The summed E-state index contributed by atoms with van der Waals surface area (Å²) in [5, 5.41) is 11.5. The van der Waals surface area contributed by atoms with Crippen molar-refractivity contribution in [2.45, 2.75) is 23.9 Å². The molecular weight excluding hydrogens is 675 g/mol. The molecular formula is C26H25BrCl2N6O6S. The number of carbonyl (C=O) groups excluding carboxylic acids is 2. The summed E-state index contributed by atoms with van der Waals surface area (Å²) in [6, 6.07) is 11.4. The Morgan fingerprint density at radius 3 is 2.29 bits per heavy atom. The van der Waals surface area contributed by atoms with Crippen molar-refractivity contribution in [1.29, 1.82) is 0 Å². The molecule has 0 bridgehead atoms. The molecule has 42 heavy (non-hydrogen) atoms. The number of carboxylic acids is 1. The largest absolute Gasteiger partial charge is 0.480 e. The Morgan fingerprint density at radius 1 is 1.07 bits per heavy atom. The number of nitrogens with one attached hydrogen (secondary N) is 1. The van der Waals surface area contributed by atoms with Crippen LogP contribution in [0.4, 0.5) is 16.4 Å². The van der Waals surface area contributed by atoms with Crippen molar-refractivity contribution in [2.24, 2.45) is 0 Å². The molecule has 1 fully saturated rings. The molecule has 3 aromatic rings. The van der Waals surface area contributed by atoms with E-state index in [0.717, 1.165) is 10.0 Å². The second-order valence-corrected chi connectivity index (χ2v) is 13.7. The Labute approximate surface area is 260 Å². The van der Waals surface area contributed by atoms with Gasteiger partial charge >= 0.3 is 12.0 Å². The maximum Gasteiger partial charge on any atom is 0.323 e. The van der Waals surface area contributed by atoms with E-state index in [0.29, 0.717) is 15.7 Å². The fraction of sp³-hybridized carbons (Fsp3) is 0.308. The smallest absolute Gasteiger partial charge is 0.323 e. The number of aliphatic carboxylic acids is 1. The van der Waals surface area contributed by atoms with E-state index < -0.39 is 40.0 Å². The molecule has 2 aromatic carbocycles. The number of rotatable bonds is 7. The van der Waals surface area contributed by atoms with E-state index in [1.807, 2.05) is 24.3 Å². The fourth-order valence-corrected chi connectivity index (χ4v) is 7.53. The number of hydrogen-bond acceptors (Lipinski definition) is 6. The predicted octanol–water partition coefficient (Wildman–Crippen LogP) is 3.69. The van der Waals surface area contributed by atoms with Crippen LogP contribution in [0.2, 0.25) is 10.0 Å². The van der Waals surface area contributed by atoms with Gasteiger partial charge in [0, 0.05) is 47.1 Å². The van der Waals surface area contributed by atoms with Crippen LogP contribution in [0.3, 0.4) is 0 Å². The topological polar surface area (TPSA) is 145 Å². The van der Waals surface area contributed by atoms with Gasteiger partial charge in [0.25, 0.3) is 15.9 Å². The van der Waals surface area contributed by atoms with Crippen molar-refractivity contribution in [3.8, 4) is 0 Å². The number of hydrogen-bond donors (Lipinski definition) is 2. The lowest BCUT2D eigenvalue weighted by molar-refractivity contribution is -0.135. The van der Waals surface area contributed by atoms with E-state index in [-0.39, 0.29) is 43.6 Å². The molecule has 0 aliphatic carbocycles. The quantitative estimate of drug-likeness (QED) is 0.383. The predicted molar refractivity (Wildman–Crippen MR) is 159 cm³/mol. The van der Waals surface area contributed by atoms with Gasteiger partial charge in [-0.25, -0.2) is 23.1 Å². The van der Waals surface area contributed by atoms with Crippen LogP contribution < -0.4 is 10.2 Å². The molecule has 1 unspecified atom stereocenters. The Balaban J connectivity index is 1.52. The molecule has 222 valence electrons. The van der Waals surface area contributed by atoms with E-state index >= 15 is 0 Å². The number of imidazole rings is 1. The third-order valence-corrected chi connectivity index (χ3v) is 9.98. The SMILES string of the molecule is CC1(Cc2ccc(Br)cc2)C(=O)N(c2cc(Cl)cc(Cl)c2)c2ncc(S(=O)(=O)N3CCN(C(=O)NCC(=O)O)CC3)n21. The first-order valence-corrected chi connectivity index (χ1v) is 15.7. The lowest BCUT2D eigenvalue weighted by Gasteiger charge is -2.34. The zero-order chi connectivity index (χ0) is 30.4. The van der Waals surface area contributed by atoms with E-state index in [1.54, 1.807) is 19.1 Å². The maximum atomic E-state index is 14.2. The van der Waals surface area contributed by atoms with Crippen LogP contribution in [0.1, 0.15) is 12.5 Å². The van der Waals surface area contributed by atoms with Crippen molar-refractivity contribution in [1.82, 2.24) is 24.1 Å². The number of aromatic nitrogens is 2. The van der Waals surface area contributed by atoms with Gasteiger partial charge in [0.15, 0.2) is 5.03 Å². The summed E-state index contributed by atoms with van der Waals surface area (Å²) in [7, 11) is -4.19.